The van der Waals surface area contributed by atoms with E-state index in [0.29, 0.717) is 35.7 Å². The van der Waals surface area contributed by atoms with Crippen molar-refractivity contribution >= 4 is 28.6 Å². The quantitative estimate of drug-likeness (QED) is 0.282. The summed E-state index contributed by atoms with van der Waals surface area (Å²) in [7, 11) is 2.19. The Kier molecular flexibility index (Phi) is 7.85. The molecule has 2 aromatic carbocycles. The van der Waals surface area contributed by atoms with Crippen molar-refractivity contribution in [1.82, 2.24) is 20.5 Å². The van der Waals surface area contributed by atoms with Gasteiger partial charge in [-0.25, -0.2) is 4.98 Å². The highest BCUT2D eigenvalue weighted by molar-refractivity contribution is 6.00. The average molecular weight is 592 g/mol. The second-order valence-electron chi connectivity index (χ2n) is 12.9. The van der Waals surface area contributed by atoms with Crippen LogP contribution < -0.4 is 15.5 Å². The summed E-state index contributed by atoms with van der Waals surface area (Å²) in [4.78, 5) is 35.6. The number of aryl methyl sites for hydroxylation is 1. The van der Waals surface area contributed by atoms with Crippen LogP contribution in [-0.2, 0) is 6.54 Å². The number of pyridine rings is 1. The molecular formula is C36H41N5O3. The second kappa shape index (κ2) is 12.1. The van der Waals surface area contributed by atoms with Gasteiger partial charge < -0.3 is 24.9 Å². The first kappa shape index (κ1) is 28.6. The number of likely N-dealkylation sites (tertiary alicyclic amines) is 1. The second-order valence-corrected chi connectivity index (χ2v) is 12.9. The van der Waals surface area contributed by atoms with Crippen LogP contribution in [0.2, 0.25) is 0 Å². The van der Waals surface area contributed by atoms with E-state index in [9.17, 15) is 9.59 Å². The number of fused-ring (bicyclic) bond motifs is 3. The molecule has 0 saturated carbocycles. The summed E-state index contributed by atoms with van der Waals surface area (Å²) < 4.78 is 5.60. The number of hydrogen-bond donors (Lipinski definition) is 2. The van der Waals surface area contributed by atoms with E-state index in [0.717, 1.165) is 66.7 Å². The number of carbonyl (C=O) groups excluding carboxylic acids is 2. The third-order valence-corrected chi connectivity index (χ3v) is 10.1. The third kappa shape index (κ3) is 5.71. The van der Waals surface area contributed by atoms with Crippen LogP contribution in [-0.4, -0.2) is 60.0 Å². The molecule has 2 N–H and O–H groups in total. The van der Waals surface area contributed by atoms with E-state index < -0.39 is 0 Å². The zero-order valence-electron chi connectivity index (χ0n) is 25.6. The largest absolute Gasteiger partial charge is 0.464 e. The van der Waals surface area contributed by atoms with Gasteiger partial charge in [-0.2, -0.15) is 0 Å². The van der Waals surface area contributed by atoms with Crippen LogP contribution in [0.15, 0.2) is 71.5 Å². The highest BCUT2D eigenvalue weighted by Crippen LogP contribution is 2.39. The number of nitrogens with one attached hydrogen (secondary N) is 2. The lowest BCUT2D eigenvalue weighted by Crippen LogP contribution is -2.50. The summed E-state index contributed by atoms with van der Waals surface area (Å²) >= 11 is 0. The Morgan fingerprint density at radius 3 is 2.36 bits per heavy atom. The van der Waals surface area contributed by atoms with Gasteiger partial charge in [0.25, 0.3) is 11.8 Å². The van der Waals surface area contributed by atoms with E-state index in [1.54, 1.807) is 12.5 Å². The van der Waals surface area contributed by atoms with Crippen molar-refractivity contribution in [2.75, 3.05) is 25.0 Å². The van der Waals surface area contributed by atoms with Gasteiger partial charge in [0.2, 0.25) is 0 Å². The molecule has 0 spiro atoms. The average Bonchev–Trinajstić information content (AvgIpc) is 3.63. The molecule has 3 saturated heterocycles. The molecule has 8 nitrogen and oxygen atoms in total. The SMILES string of the molecule is Cc1c(C(=O)NC2CC3CCC(C2)N3c2ccc(C(=O)NCc3ccc(C4CCN(C)CC4)cc3)cn2)ccc2ccoc12. The van der Waals surface area contributed by atoms with Crippen molar-refractivity contribution in [3.63, 3.8) is 0 Å². The highest BCUT2D eigenvalue weighted by atomic mass is 16.3. The fourth-order valence-electron chi connectivity index (χ4n) is 7.56. The number of carbonyl (C=O) groups is 2. The lowest BCUT2D eigenvalue weighted by Gasteiger charge is -2.40. The number of nitrogens with zero attached hydrogens (tertiary/aromatic N) is 3. The predicted molar refractivity (Wildman–Crippen MR) is 172 cm³/mol. The molecule has 2 unspecified atom stereocenters. The molecule has 4 aromatic rings. The Bertz CT molecular complexity index is 1620. The summed E-state index contributed by atoms with van der Waals surface area (Å²) in [5, 5.41) is 7.36. The number of furan rings is 1. The summed E-state index contributed by atoms with van der Waals surface area (Å²) in [6, 6.07) is 19.1. The Morgan fingerprint density at radius 1 is 0.909 bits per heavy atom. The Balaban J connectivity index is 0.928. The molecule has 0 radical (unpaired) electrons. The molecule has 3 aliphatic heterocycles. The fourth-order valence-corrected chi connectivity index (χ4v) is 7.56. The minimum Gasteiger partial charge on any atom is -0.464 e. The van der Waals surface area contributed by atoms with Gasteiger partial charge >= 0.3 is 0 Å². The van der Waals surface area contributed by atoms with E-state index >= 15 is 0 Å². The first-order valence-corrected chi connectivity index (χ1v) is 16.0. The Morgan fingerprint density at radius 2 is 1.66 bits per heavy atom. The Labute approximate surface area is 258 Å². The molecular weight excluding hydrogens is 550 g/mol. The first-order chi connectivity index (χ1) is 21.4. The van der Waals surface area contributed by atoms with E-state index in [4.69, 9.17) is 9.40 Å². The summed E-state index contributed by atoms with van der Waals surface area (Å²) in [6.45, 7) is 4.73. The van der Waals surface area contributed by atoms with E-state index in [2.05, 4.69) is 51.7 Å². The zero-order valence-corrected chi connectivity index (χ0v) is 25.6. The van der Waals surface area contributed by atoms with Gasteiger partial charge in [-0.15, -0.1) is 0 Å². The molecule has 44 heavy (non-hydrogen) atoms. The highest BCUT2D eigenvalue weighted by Gasteiger charge is 2.42. The van der Waals surface area contributed by atoms with Gasteiger partial charge in [-0.3, -0.25) is 9.59 Å². The molecule has 7 rings (SSSR count). The molecule has 228 valence electrons. The minimum atomic E-state index is -0.115. The maximum absolute atomic E-state index is 13.2. The van der Waals surface area contributed by atoms with Crippen molar-refractivity contribution in [3.8, 4) is 0 Å². The lowest BCUT2D eigenvalue weighted by molar-refractivity contribution is 0.0924. The van der Waals surface area contributed by atoms with Crippen LogP contribution in [0.3, 0.4) is 0 Å². The van der Waals surface area contributed by atoms with E-state index in [1.807, 2.05) is 37.3 Å². The number of amides is 2. The van der Waals surface area contributed by atoms with Crippen LogP contribution in [0, 0.1) is 6.92 Å². The molecule has 3 fully saturated rings. The zero-order chi connectivity index (χ0) is 30.2. The van der Waals surface area contributed by atoms with Gasteiger partial charge in [0.15, 0.2) is 0 Å². The number of benzene rings is 2. The van der Waals surface area contributed by atoms with Crippen LogP contribution >= 0.6 is 0 Å². The van der Waals surface area contributed by atoms with Gasteiger partial charge in [0, 0.05) is 47.4 Å². The minimum absolute atomic E-state index is 0.0414. The lowest BCUT2D eigenvalue weighted by atomic mass is 9.89. The van der Waals surface area contributed by atoms with Gasteiger partial charge in [-0.05, 0) is 107 Å². The predicted octanol–water partition coefficient (Wildman–Crippen LogP) is 5.81. The monoisotopic (exact) mass is 591 g/mol. The van der Waals surface area contributed by atoms with Crippen molar-refractivity contribution in [2.45, 2.75) is 76.0 Å². The number of piperidine rings is 2. The normalized spacial score (nSPS) is 22.3. The smallest absolute Gasteiger partial charge is 0.253 e. The molecule has 8 heteroatoms. The summed E-state index contributed by atoms with van der Waals surface area (Å²) in [6.07, 6.45) is 9.68. The number of hydrogen-bond acceptors (Lipinski definition) is 6. The van der Waals surface area contributed by atoms with Crippen LogP contribution in [0.4, 0.5) is 5.82 Å². The topological polar surface area (TPSA) is 90.7 Å². The molecule has 2 atom stereocenters. The number of anilines is 1. The van der Waals surface area contributed by atoms with Crippen LogP contribution in [0.5, 0.6) is 0 Å². The fraction of sp³-hybridized carbons (Fsp3) is 0.417. The summed E-state index contributed by atoms with van der Waals surface area (Å²) in [5.41, 5.74) is 5.38. The number of rotatable bonds is 7. The summed E-state index contributed by atoms with van der Waals surface area (Å²) in [5.74, 6) is 1.38. The van der Waals surface area contributed by atoms with Crippen molar-refractivity contribution in [3.05, 3.63) is 94.9 Å². The molecule has 2 amide bonds. The van der Waals surface area contributed by atoms with E-state index in [-0.39, 0.29) is 17.9 Å². The standard InChI is InChI=1S/C36H41N5O3/c1-23-32(11-7-27-15-18-44-34(23)27)36(43)39-29-19-30-9-10-31(20-29)41(30)33-12-8-28(22-37-33)35(42)38-21-24-3-5-25(6-4-24)26-13-16-40(2)17-14-26/h3-8,11-12,15,18,22,26,29-31H,9-10,13-14,16-17,19-21H2,1-2H3,(H,38,42)(H,39,43). The van der Waals surface area contributed by atoms with E-state index in [1.165, 1.54) is 18.4 Å². The van der Waals surface area contributed by atoms with Crippen LogP contribution in [0.1, 0.15) is 81.8 Å². The van der Waals surface area contributed by atoms with Crippen molar-refractivity contribution < 1.29 is 14.0 Å². The van der Waals surface area contributed by atoms with Gasteiger partial charge in [0.1, 0.15) is 11.4 Å². The van der Waals surface area contributed by atoms with Crippen molar-refractivity contribution in [2.24, 2.45) is 0 Å². The molecule has 5 heterocycles. The Hall–Kier alpha value is -4.17. The van der Waals surface area contributed by atoms with Crippen molar-refractivity contribution in [1.29, 1.82) is 0 Å². The van der Waals surface area contributed by atoms with Gasteiger partial charge in [-0.1, -0.05) is 30.3 Å². The third-order valence-electron chi connectivity index (χ3n) is 10.1. The first-order valence-electron chi connectivity index (χ1n) is 16.0. The molecule has 0 aliphatic carbocycles. The van der Waals surface area contributed by atoms with Gasteiger partial charge in [0.05, 0.1) is 11.8 Å². The molecule has 2 aromatic heterocycles. The maximum Gasteiger partial charge on any atom is 0.253 e. The van der Waals surface area contributed by atoms with Crippen LogP contribution in [0.25, 0.3) is 11.0 Å². The number of aromatic nitrogens is 1. The molecule has 3 aliphatic rings. The maximum atomic E-state index is 13.2. The molecule has 2 bridgehead atoms.